The summed E-state index contributed by atoms with van der Waals surface area (Å²) in [5.41, 5.74) is 5.36. The average Bonchev–Trinajstić information content (AvgIpc) is 2.99. The lowest BCUT2D eigenvalue weighted by atomic mass is 10.0. The van der Waals surface area contributed by atoms with Crippen LogP contribution in [0.5, 0.6) is 0 Å². The lowest BCUT2D eigenvalue weighted by Crippen LogP contribution is -1.90. The van der Waals surface area contributed by atoms with Crippen molar-refractivity contribution in [1.82, 2.24) is 15.2 Å². The lowest BCUT2D eigenvalue weighted by Gasteiger charge is -2.08. The highest BCUT2D eigenvalue weighted by molar-refractivity contribution is 5.66. The molecule has 0 spiro atoms. The van der Waals surface area contributed by atoms with Crippen molar-refractivity contribution < 1.29 is 9.15 Å². The first-order valence-corrected chi connectivity index (χ1v) is 7.03. The van der Waals surface area contributed by atoms with Gasteiger partial charge in [0.25, 0.3) is 0 Å². The molecule has 0 radical (unpaired) electrons. The van der Waals surface area contributed by atoms with Crippen molar-refractivity contribution in [1.29, 1.82) is 0 Å². The predicted molar refractivity (Wildman–Crippen MR) is 83.2 cm³/mol. The van der Waals surface area contributed by atoms with E-state index in [0.29, 0.717) is 18.4 Å². The highest BCUT2D eigenvalue weighted by Gasteiger charge is 2.10. The molecule has 0 bridgehead atoms. The van der Waals surface area contributed by atoms with E-state index < -0.39 is 0 Å². The van der Waals surface area contributed by atoms with E-state index in [1.54, 1.807) is 13.3 Å². The average molecular weight is 295 g/mol. The fourth-order valence-corrected chi connectivity index (χ4v) is 2.26. The van der Waals surface area contributed by atoms with Crippen LogP contribution in [0.4, 0.5) is 0 Å². The summed E-state index contributed by atoms with van der Waals surface area (Å²) in [6.45, 7) is 4.51. The molecule has 112 valence electrons. The van der Waals surface area contributed by atoms with Gasteiger partial charge >= 0.3 is 0 Å². The second-order valence-electron chi connectivity index (χ2n) is 5.11. The van der Waals surface area contributed by atoms with Crippen LogP contribution in [0.2, 0.25) is 0 Å². The molecule has 0 aliphatic heterocycles. The van der Waals surface area contributed by atoms with Crippen molar-refractivity contribution in [2.75, 3.05) is 7.11 Å². The first-order valence-electron chi connectivity index (χ1n) is 7.03. The summed E-state index contributed by atoms with van der Waals surface area (Å²) in [6, 6.07) is 10.1. The van der Waals surface area contributed by atoms with Crippen LogP contribution in [0.3, 0.4) is 0 Å². The van der Waals surface area contributed by atoms with E-state index in [0.717, 1.165) is 16.8 Å². The molecular weight excluding hydrogens is 278 g/mol. The van der Waals surface area contributed by atoms with Crippen molar-refractivity contribution in [3.8, 4) is 22.7 Å². The zero-order valence-corrected chi connectivity index (χ0v) is 12.8. The number of ether oxygens (including phenoxy) is 1. The van der Waals surface area contributed by atoms with E-state index >= 15 is 0 Å². The molecule has 0 N–H and O–H groups in total. The highest BCUT2D eigenvalue weighted by Crippen LogP contribution is 2.25. The molecule has 5 nitrogen and oxygen atoms in total. The molecule has 0 saturated heterocycles. The van der Waals surface area contributed by atoms with Crippen molar-refractivity contribution in [3.63, 3.8) is 0 Å². The van der Waals surface area contributed by atoms with Crippen molar-refractivity contribution in [3.05, 3.63) is 53.5 Å². The maximum absolute atomic E-state index is 5.51. The number of nitrogens with zero attached hydrogens (tertiary/aromatic N) is 3. The van der Waals surface area contributed by atoms with Crippen molar-refractivity contribution >= 4 is 0 Å². The Labute approximate surface area is 129 Å². The van der Waals surface area contributed by atoms with Crippen molar-refractivity contribution in [2.45, 2.75) is 20.5 Å². The summed E-state index contributed by atoms with van der Waals surface area (Å²) in [7, 11) is 1.59. The third-order valence-electron chi connectivity index (χ3n) is 3.63. The maximum Gasteiger partial charge on any atom is 0.249 e. The standard InChI is InChI=1S/C17H17N3O2/c1-11-5-4-6-14(12(11)2)15-8-7-13(9-18-15)17-20-19-16(22-17)10-21-3/h4-9H,10H2,1-3H3. The van der Waals surface area contributed by atoms with Gasteiger partial charge in [-0.3, -0.25) is 4.98 Å². The number of benzene rings is 1. The number of hydrogen-bond donors (Lipinski definition) is 0. The summed E-state index contributed by atoms with van der Waals surface area (Å²) in [5, 5.41) is 7.92. The fourth-order valence-electron chi connectivity index (χ4n) is 2.26. The van der Waals surface area contributed by atoms with Gasteiger partial charge in [0.2, 0.25) is 11.8 Å². The minimum Gasteiger partial charge on any atom is -0.418 e. The third kappa shape index (κ3) is 2.76. The second-order valence-corrected chi connectivity index (χ2v) is 5.11. The molecule has 0 unspecified atom stereocenters. The largest absolute Gasteiger partial charge is 0.418 e. The first kappa shape index (κ1) is 14.4. The van der Waals surface area contributed by atoms with Gasteiger partial charge in [0, 0.05) is 18.9 Å². The van der Waals surface area contributed by atoms with Crippen LogP contribution in [0.1, 0.15) is 17.0 Å². The van der Waals surface area contributed by atoms with E-state index in [9.17, 15) is 0 Å². The van der Waals surface area contributed by atoms with Crippen LogP contribution < -0.4 is 0 Å². The molecule has 0 atom stereocenters. The van der Waals surface area contributed by atoms with E-state index in [4.69, 9.17) is 9.15 Å². The highest BCUT2D eigenvalue weighted by atomic mass is 16.5. The van der Waals surface area contributed by atoms with E-state index in [2.05, 4.69) is 41.2 Å². The Morgan fingerprint density at radius 3 is 2.68 bits per heavy atom. The summed E-state index contributed by atoms with van der Waals surface area (Å²) < 4.78 is 10.5. The molecular formula is C17H17N3O2. The number of hydrogen-bond acceptors (Lipinski definition) is 5. The summed E-state index contributed by atoms with van der Waals surface area (Å²) in [6.07, 6.45) is 1.75. The molecule has 0 fully saturated rings. The van der Waals surface area contributed by atoms with Crippen LogP contribution in [-0.4, -0.2) is 22.3 Å². The van der Waals surface area contributed by atoms with Gasteiger partial charge in [0.1, 0.15) is 6.61 Å². The predicted octanol–water partition coefficient (Wildman–Crippen LogP) is 3.56. The minimum absolute atomic E-state index is 0.307. The zero-order valence-electron chi connectivity index (χ0n) is 12.8. The Bertz CT molecular complexity index is 779. The first-order chi connectivity index (χ1) is 10.7. The molecule has 3 aromatic rings. The molecule has 2 heterocycles. The van der Waals surface area contributed by atoms with E-state index in [1.165, 1.54) is 11.1 Å². The van der Waals surface area contributed by atoms with Gasteiger partial charge in [0.15, 0.2) is 0 Å². The Morgan fingerprint density at radius 1 is 1.09 bits per heavy atom. The summed E-state index contributed by atoms with van der Waals surface area (Å²) >= 11 is 0. The number of aryl methyl sites for hydroxylation is 1. The smallest absolute Gasteiger partial charge is 0.249 e. The van der Waals surface area contributed by atoms with Gasteiger partial charge in [-0.1, -0.05) is 18.2 Å². The third-order valence-corrected chi connectivity index (χ3v) is 3.63. The van der Waals surface area contributed by atoms with Crippen LogP contribution in [0, 0.1) is 13.8 Å². The van der Waals surface area contributed by atoms with Crippen LogP contribution >= 0.6 is 0 Å². The SMILES string of the molecule is COCc1nnc(-c2ccc(-c3cccc(C)c3C)nc2)o1. The Hall–Kier alpha value is -2.53. The molecule has 0 aliphatic carbocycles. The molecule has 1 aromatic carbocycles. The van der Waals surface area contributed by atoms with Gasteiger partial charge in [-0.2, -0.15) is 0 Å². The monoisotopic (exact) mass is 295 g/mol. The van der Waals surface area contributed by atoms with Crippen LogP contribution in [0.25, 0.3) is 22.7 Å². The Kier molecular flexibility index (Phi) is 3.98. The Morgan fingerprint density at radius 2 is 1.95 bits per heavy atom. The molecule has 5 heteroatoms. The molecule has 0 aliphatic rings. The van der Waals surface area contributed by atoms with Gasteiger partial charge in [0.05, 0.1) is 11.3 Å². The summed E-state index contributed by atoms with van der Waals surface area (Å²) in [5.74, 6) is 0.906. The molecule has 3 rings (SSSR count). The quantitative estimate of drug-likeness (QED) is 0.736. The molecule has 2 aromatic heterocycles. The number of aromatic nitrogens is 3. The van der Waals surface area contributed by atoms with E-state index in [1.807, 2.05) is 18.2 Å². The van der Waals surface area contributed by atoms with Gasteiger partial charge < -0.3 is 9.15 Å². The summed E-state index contributed by atoms with van der Waals surface area (Å²) in [4.78, 5) is 4.52. The van der Waals surface area contributed by atoms with Crippen molar-refractivity contribution in [2.24, 2.45) is 0 Å². The number of rotatable bonds is 4. The van der Waals surface area contributed by atoms with Crippen LogP contribution in [-0.2, 0) is 11.3 Å². The normalized spacial score (nSPS) is 10.9. The fraction of sp³-hybridized carbons (Fsp3) is 0.235. The lowest BCUT2D eigenvalue weighted by molar-refractivity contribution is 0.160. The zero-order chi connectivity index (χ0) is 15.5. The van der Waals surface area contributed by atoms with E-state index in [-0.39, 0.29) is 0 Å². The number of pyridine rings is 1. The molecule has 22 heavy (non-hydrogen) atoms. The van der Waals surface area contributed by atoms with Crippen LogP contribution in [0.15, 0.2) is 40.9 Å². The van der Waals surface area contributed by atoms with Gasteiger partial charge in [-0.25, -0.2) is 0 Å². The van der Waals surface area contributed by atoms with Gasteiger partial charge in [-0.05, 0) is 37.1 Å². The maximum atomic E-state index is 5.51. The minimum atomic E-state index is 0.307. The number of methoxy groups -OCH3 is 1. The molecule has 0 amide bonds. The van der Waals surface area contributed by atoms with Gasteiger partial charge in [-0.15, -0.1) is 10.2 Å². The Balaban J connectivity index is 1.90. The topological polar surface area (TPSA) is 61.0 Å². The molecule has 0 saturated carbocycles. The second kappa shape index (κ2) is 6.07.